The highest BCUT2D eigenvalue weighted by atomic mass is 19.1. The van der Waals surface area contributed by atoms with E-state index in [2.05, 4.69) is 4.98 Å². The van der Waals surface area contributed by atoms with Gasteiger partial charge in [-0.1, -0.05) is 12.8 Å². The van der Waals surface area contributed by atoms with Crippen LogP contribution >= 0.6 is 0 Å². The van der Waals surface area contributed by atoms with Crippen molar-refractivity contribution < 1.29 is 8.78 Å². The molecule has 2 rings (SSSR count). The van der Waals surface area contributed by atoms with Crippen LogP contribution in [0.25, 0.3) is 0 Å². The SMILES string of the molecule is Fc1cncc(F)c1C1CCCC1. The van der Waals surface area contributed by atoms with Crippen LogP contribution in [0, 0.1) is 11.6 Å². The van der Waals surface area contributed by atoms with Crippen LogP contribution in [0.2, 0.25) is 0 Å². The zero-order valence-corrected chi connectivity index (χ0v) is 7.26. The first-order valence-corrected chi connectivity index (χ1v) is 4.58. The van der Waals surface area contributed by atoms with E-state index >= 15 is 0 Å². The highest BCUT2D eigenvalue weighted by Gasteiger charge is 2.23. The summed E-state index contributed by atoms with van der Waals surface area (Å²) in [6, 6.07) is 0. The first kappa shape index (κ1) is 8.60. The number of hydrogen-bond acceptors (Lipinski definition) is 1. The smallest absolute Gasteiger partial charge is 0.147 e. The average molecular weight is 183 g/mol. The minimum Gasteiger partial charge on any atom is -0.259 e. The van der Waals surface area contributed by atoms with E-state index in [1.807, 2.05) is 0 Å². The molecule has 0 amide bonds. The Kier molecular flexibility index (Phi) is 2.25. The van der Waals surface area contributed by atoms with Crippen LogP contribution in [0.5, 0.6) is 0 Å². The van der Waals surface area contributed by atoms with Gasteiger partial charge in [-0.3, -0.25) is 4.98 Å². The van der Waals surface area contributed by atoms with Crippen molar-refractivity contribution in [1.29, 1.82) is 0 Å². The fourth-order valence-electron chi connectivity index (χ4n) is 2.03. The van der Waals surface area contributed by atoms with E-state index in [4.69, 9.17) is 0 Å². The Labute approximate surface area is 75.8 Å². The summed E-state index contributed by atoms with van der Waals surface area (Å²) in [5, 5.41) is 0. The molecular formula is C10H11F2N. The third kappa shape index (κ3) is 1.55. The largest absolute Gasteiger partial charge is 0.259 e. The van der Waals surface area contributed by atoms with E-state index in [0.29, 0.717) is 0 Å². The Hall–Kier alpha value is -0.990. The normalized spacial score (nSPS) is 18.0. The maximum absolute atomic E-state index is 13.2. The summed E-state index contributed by atoms with van der Waals surface area (Å²) in [4.78, 5) is 3.47. The number of aromatic nitrogens is 1. The zero-order chi connectivity index (χ0) is 9.26. The maximum atomic E-state index is 13.2. The van der Waals surface area contributed by atoms with Gasteiger partial charge in [-0.15, -0.1) is 0 Å². The van der Waals surface area contributed by atoms with Crippen LogP contribution < -0.4 is 0 Å². The van der Waals surface area contributed by atoms with Crippen LogP contribution in [0.15, 0.2) is 12.4 Å². The van der Waals surface area contributed by atoms with Gasteiger partial charge in [-0.25, -0.2) is 8.78 Å². The second-order valence-electron chi connectivity index (χ2n) is 3.50. The lowest BCUT2D eigenvalue weighted by atomic mass is 9.98. The summed E-state index contributed by atoms with van der Waals surface area (Å²) in [6.07, 6.45) is 6.14. The lowest BCUT2D eigenvalue weighted by Gasteiger charge is -2.10. The Balaban J connectivity index is 2.37. The molecule has 0 bridgehead atoms. The molecule has 0 atom stereocenters. The number of rotatable bonds is 1. The molecule has 0 aliphatic heterocycles. The van der Waals surface area contributed by atoms with Crippen molar-refractivity contribution in [3.05, 3.63) is 29.6 Å². The van der Waals surface area contributed by atoms with Gasteiger partial charge < -0.3 is 0 Å². The molecule has 1 saturated carbocycles. The second-order valence-corrected chi connectivity index (χ2v) is 3.50. The summed E-state index contributed by atoms with van der Waals surface area (Å²) in [5.74, 6) is -0.915. The fourth-order valence-corrected chi connectivity index (χ4v) is 2.03. The minimum absolute atomic E-state index is 0.0722. The molecule has 0 aromatic carbocycles. The van der Waals surface area contributed by atoms with E-state index in [9.17, 15) is 8.78 Å². The molecule has 1 nitrogen and oxygen atoms in total. The van der Waals surface area contributed by atoms with Gasteiger partial charge in [-0.05, 0) is 18.8 Å². The number of pyridine rings is 1. The van der Waals surface area contributed by atoms with Gasteiger partial charge in [0.15, 0.2) is 0 Å². The minimum atomic E-state index is -0.494. The number of halogens is 2. The van der Waals surface area contributed by atoms with E-state index in [1.165, 1.54) is 0 Å². The summed E-state index contributed by atoms with van der Waals surface area (Å²) in [6.45, 7) is 0. The average Bonchev–Trinajstić information content (AvgIpc) is 2.57. The standard InChI is InChI=1S/C10H11F2N/c11-8-5-13-6-9(12)10(8)7-3-1-2-4-7/h5-7H,1-4H2. The van der Waals surface area contributed by atoms with Gasteiger partial charge in [0.1, 0.15) is 11.6 Å². The Bertz CT molecular complexity index is 286. The molecule has 1 aromatic heterocycles. The molecule has 70 valence electrons. The lowest BCUT2D eigenvalue weighted by molar-refractivity contribution is 0.516. The first-order valence-electron chi connectivity index (χ1n) is 4.58. The van der Waals surface area contributed by atoms with Crippen molar-refractivity contribution in [2.45, 2.75) is 31.6 Å². The van der Waals surface area contributed by atoms with Crippen molar-refractivity contribution in [1.82, 2.24) is 4.98 Å². The molecular weight excluding hydrogens is 172 g/mol. The van der Waals surface area contributed by atoms with Gasteiger partial charge in [0.05, 0.1) is 12.4 Å². The van der Waals surface area contributed by atoms with E-state index in [0.717, 1.165) is 38.1 Å². The van der Waals surface area contributed by atoms with Gasteiger partial charge >= 0.3 is 0 Å². The van der Waals surface area contributed by atoms with Crippen molar-refractivity contribution in [3.8, 4) is 0 Å². The van der Waals surface area contributed by atoms with Crippen LogP contribution in [0.4, 0.5) is 8.78 Å². The van der Waals surface area contributed by atoms with Gasteiger partial charge in [-0.2, -0.15) is 0 Å². The Morgan fingerprint density at radius 1 is 1.08 bits per heavy atom. The fraction of sp³-hybridized carbons (Fsp3) is 0.500. The summed E-state index contributed by atoms with van der Waals surface area (Å²) < 4.78 is 26.4. The third-order valence-corrected chi connectivity index (χ3v) is 2.65. The molecule has 1 aliphatic rings. The van der Waals surface area contributed by atoms with Crippen LogP contribution in [0.1, 0.15) is 37.2 Å². The molecule has 0 saturated heterocycles. The molecule has 13 heavy (non-hydrogen) atoms. The van der Waals surface area contributed by atoms with Crippen molar-refractivity contribution in [2.75, 3.05) is 0 Å². The van der Waals surface area contributed by atoms with Crippen LogP contribution in [-0.2, 0) is 0 Å². The molecule has 0 radical (unpaired) electrons. The van der Waals surface area contributed by atoms with Crippen LogP contribution in [0.3, 0.4) is 0 Å². The van der Waals surface area contributed by atoms with Crippen LogP contribution in [-0.4, -0.2) is 4.98 Å². The maximum Gasteiger partial charge on any atom is 0.147 e. The molecule has 0 unspecified atom stereocenters. The molecule has 1 aliphatic carbocycles. The predicted molar refractivity (Wildman–Crippen MR) is 45.4 cm³/mol. The van der Waals surface area contributed by atoms with Gasteiger partial charge in [0, 0.05) is 5.56 Å². The summed E-state index contributed by atoms with van der Waals surface area (Å²) >= 11 is 0. The summed E-state index contributed by atoms with van der Waals surface area (Å²) in [7, 11) is 0. The quantitative estimate of drug-likeness (QED) is 0.652. The Morgan fingerprint density at radius 2 is 1.62 bits per heavy atom. The lowest BCUT2D eigenvalue weighted by Crippen LogP contribution is -2.01. The Morgan fingerprint density at radius 3 is 2.15 bits per heavy atom. The van der Waals surface area contributed by atoms with E-state index < -0.39 is 11.6 Å². The number of nitrogens with zero attached hydrogens (tertiary/aromatic N) is 1. The van der Waals surface area contributed by atoms with Gasteiger partial charge in [0.25, 0.3) is 0 Å². The highest BCUT2D eigenvalue weighted by Crippen LogP contribution is 2.36. The molecule has 1 fully saturated rings. The van der Waals surface area contributed by atoms with Crippen molar-refractivity contribution >= 4 is 0 Å². The van der Waals surface area contributed by atoms with E-state index in [1.54, 1.807) is 0 Å². The molecule has 0 N–H and O–H groups in total. The van der Waals surface area contributed by atoms with E-state index in [-0.39, 0.29) is 11.5 Å². The predicted octanol–water partition coefficient (Wildman–Crippen LogP) is 3.02. The third-order valence-electron chi connectivity index (χ3n) is 2.65. The number of hydrogen-bond donors (Lipinski definition) is 0. The molecule has 3 heteroatoms. The molecule has 1 heterocycles. The first-order chi connectivity index (χ1) is 6.29. The van der Waals surface area contributed by atoms with Crippen molar-refractivity contribution in [2.24, 2.45) is 0 Å². The monoisotopic (exact) mass is 183 g/mol. The molecule has 0 spiro atoms. The highest BCUT2D eigenvalue weighted by molar-refractivity contribution is 5.21. The topological polar surface area (TPSA) is 12.9 Å². The molecule has 1 aromatic rings. The van der Waals surface area contributed by atoms with Gasteiger partial charge in [0.2, 0.25) is 0 Å². The second kappa shape index (κ2) is 3.40. The summed E-state index contributed by atoms with van der Waals surface area (Å²) in [5.41, 5.74) is 0.243. The van der Waals surface area contributed by atoms with Crippen molar-refractivity contribution in [3.63, 3.8) is 0 Å². The zero-order valence-electron chi connectivity index (χ0n) is 7.26.